The smallest absolute Gasteiger partial charge is 0.119 e. The molecule has 1 aromatic rings. The molecule has 0 aliphatic carbocycles. The molecule has 0 saturated heterocycles. The third-order valence-electron chi connectivity index (χ3n) is 2.88. The monoisotopic (exact) mass is 235 g/mol. The van der Waals surface area contributed by atoms with E-state index in [0.29, 0.717) is 6.04 Å². The summed E-state index contributed by atoms with van der Waals surface area (Å²) in [5.41, 5.74) is 0. The number of nitrogens with one attached hydrogen (secondary N) is 1. The van der Waals surface area contributed by atoms with Gasteiger partial charge in [-0.15, -0.1) is 0 Å². The highest BCUT2D eigenvalue weighted by molar-refractivity contribution is 5.20. The van der Waals surface area contributed by atoms with E-state index in [0.717, 1.165) is 25.3 Å². The van der Waals surface area contributed by atoms with Crippen LogP contribution in [0, 0.1) is 0 Å². The molecule has 0 amide bonds. The van der Waals surface area contributed by atoms with E-state index < -0.39 is 0 Å². The molecular formula is C15H25NO. The summed E-state index contributed by atoms with van der Waals surface area (Å²) in [7, 11) is 0. The van der Waals surface area contributed by atoms with Crippen molar-refractivity contribution >= 4 is 0 Å². The largest absolute Gasteiger partial charge is 0.494 e. The molecule has 0 aromatic heterocycles. The van der Waals surface area contributed by atoms with Crippen molar-refractivity contribution in [1.82, 2.24) is 5.32 Å². The standard InChI is InChI=1S/C15H25NO/c1-3-5-9-14(16-4-2)12-13-17-15-10-7-6-8-11-15/h6-8,10-11,14,16H,3-5,9,12-13H2,1-2H3. The van der Waals surface area contributed by atoms with Gasteiger partial charge in [0.1, 0.15) is 5.75 Å². The summed E-state index contributed by atoms with van der Waals surface area (Å²) in [6.07, 6.45) is 4.90. The van der Waals surface area contributed by atoms with Crippen molar-refractivity contribution < 1.29 is 4.74 Å². The minimum absolute atomic E-state index is 0.601. The van der Waals surface area contributed by atoms with Crippen molar-refractivity contribution in [2.75, 3.05) is 13.2 Å². The van der Waals surface area contributed by atoms with Gasteiger partial charge in [0.05, 0.1) is 6.61 Å². The highest BCUT2D eigenvalue weighted by Crippen LogP contribution is 2.10. The molecule has 96 valence electrons. The third-order valence-corrected chi connectivity index (χ3v) is 2.88. The van der Waals surface area contributed by atoms with Crippen LogP contribution in [0.25, 0.3) is 0 Å². The van der Waals surface area contributed by atoms with Crippen LogP contribution in [0.2, 0.25) is 0 Å². The van der Waals surface area contributed by atoms with Gasteiger partial charge in [0, 0.05) is 6.04 Å². The number of unbranched alkanes of at least 4 members (excludes halogenated alkanes) is 1. The Labute approximate surface area is 105 Å². The molecule has 1 aromatic carbocycles. The van der Waals surface area contributed by atoms with E-state index in [1.807, 2.05) is 30.3 Å². The third kappa shape index (κ3) is 6.32. The predicted molar refractivity (Wildman–Crippen MR) is 73.5 cm³/mol. The molecule has 0 heterocycles. The number of hydrogen-bond acceptors (Lipinski definition) is 2. The van der Waals surface area contributed by atoms with Gasteiger partial charge in [-0.05, 0) is 31.5 Å². The minimum Gasteiger partial charge on any atom is -0.494 e. The molecule has 0 spiro atoms. The minimum atomic E-state index is 0.601. The second-order valence-corrected chi connectivity index (χ2v) is 4.35. The van der Waals surface area contributed by atoms with Gasteiger partial charge in [-0.3, -0.25) is 0 Å². The van der Waals surface area contributed by atoms with Crippen molar-refractivity contribution in [3.8, 4) is 5.75 Å². The fourth-order valence-electron chi connectivity index (χ4n) is 1.92. The van der Waals surface area contributed by atoms with E-state index in [1.165, 1.54) is 19.3 Å². The summed E-state index contributed by atoms with van der Waals surface area (Å²) in [6, 6.07) is 10.6. The van der Waals surface area contributed by atoms with Crippen LogP contribution in [0.1, 0.15) is 39.5 Å². The van der Waals surface area contributed by atoms with Gasteiger partial charge in [-0.2, -0.15) is 0 Å². The van der Waals surface area contributed by atoms with Crippen molar-refractivity contribution in [2.24, 2.45) is 0 Å². The lowest BCUT2D eigenvalue weighted by molar-refractivity contribution is 0.280. The summed E-state index contributed by atoms with van der Waals surface area (Å²) in [5.74, 6) is 0.971. The summed E-state index contributed by atoms with van der Waals surface area (Å²) >= 11 is 0. The zero-order chi connectivity index (χ0) is 12.3. The lowest BCUT2D eigenvalue weighted by Gasteiger charge is -2.17. The molecule has 0 saturated carbocycles. The van der Waals surface area contributed by atoms with Gasteiger partial charge in [-0.25, -0.2) is 0 Å². The van der Waals surface area contributed by atoms with E-state index in [9.17, 15) is 0 Å². The number of benzene rings is 1. The molecule has 2 nitrogen and oxygen atoms in total. The summed E-state index contributed by atoms with van der Waals surface area (Å²) < 4.78 is 5.72. The maximum Gasteiger partial charge on any atom is 0.119 e. The summed E-state index contributed by atoms with van der Waals surface area (Å²) in [4.78, 5) is 0. The first-order chi connectivity index (χ1) is 8.36. The van der Waals surface area contributed by atoms with Crippen LogP contribution in [0.5, 0.6) is 5.75 Å². The molecule has 17 heavy (non-hydrogen) atoms. The molecule has 2 heteroatoms. The maximum absolute atomic E-state index is 5.72. The molecular weight excluding hydrogens is 210 g/mol. The highest BCUT2D eigenvalue weighted by atomic mass is 16.5. The Kier molecular flexibility index (Phi) is 7.48. The first-order valence-corrected chi connectivity index (χ1v) is 6.78. The SMILES string of the molecule is CCCCC(CCOc1ccccc1)NCC. The Bertz CT molecular complexity index is 274. The first kappa shape index (κ1) is 14.0. The number of ether oxygens (including phenoxy) is 1. The van der Waals surface area contributed by atoms with Gasteiger partial charge in [0.15, 0.2) is 0 Å². The average molecular weight is 235 g/mol. The number of para-hydroxylation sites is 1. The Morgan fingerprint density at radius 2 is 1.88 bits per heavy atom. The van der Waals surface area contributed by atoms with Crippen molar-refractivity contribution in [1.29, 1.82) is 0 Å². The second-order valence-electron chi connectivity index (χ2n) is 4.35. The van der Waals surface area contributed by atoms with E-state index >= 15 is 0 Å². The normalized spacial score (nSPS) is 12.4. The molecule has 0 bridgehead atoms. The quantitative estimate of drug-likeness (QED) is 0.706. The molecule has 0 radical (unpaired) electrons. The van der Waals surface area contributed by atoms with E-state index in [2.05, 4.69) is 19.2 Å². The van der Waals surface area contributed by atoms with Crippen molar-refractivity contribution in [2.45, 2.75) is 45.6 Å². The highest BCUT2D eigenvalue weighted by Gasteiger charge is 2.06. The van der Waals surface area contributed by atoms with Crippen LogP contribution < -0.4 is 10.1 Å². The first-order valence-electron chi connectivity index (χ1n) is 6.78. The molecule has 0 fully saturated rings. The van der Waals surface area contributed by atoms with Crippen LogP contribution in [0.3, 0.4) is 0 Å². The van der Waals surface area contributed by atoms with Crippen molar-refractivity contribution in [3.63, 3.8) is 0 Å². The number of hydrogen-bond donors (Lipinski definition) is 1. The van der Waals surface area contributed by atoms with E-state index in [-0.39, 0.29) is 0 Å². The average Bonchev–Trinajstić information content (AvgIpc) is 2.37. The van der Waals surface area contributed by atoms with Gasteiger partial charge in [0.25, 0.3) is 0 Å². The fraction of sp³-hybridized carbons (Fsp3) is 0.600. The van der Waals surface area contributed by atoms with Crippen LogP contribution in [0.4, 0.5) is 0 Å². The van der Waals surface area contributed by atoms with Gasteiger partial charge in [0.2, 0.25) is 0 Å². The summed E-state index contributed by atoms with van der Waals surface area (Å²) in [6.45, 7) is 6.24. The second kappa shape index (κ2) is 9.06. The van der Waals surface area contributed by atoms with Gasteiger partial charge >= 0.3 is 0 Å². The van der Waals surface area contributed by atoms with Crippen LogP contribution in [-0.4, -0.2) is 19.2 Å². The van der Waals surface area contributed by atoms with Gasteiger partial charge < -0.3 is 10.1 Å². The topological polar surface area (TPSA) is 21.3 Å². The maximum atomic E-state index is 5.72. The van der Waals surface area contributed by atoms with Crippen LogP contribution in [-0.2, 0) is 0 Å². The van der Waals surface area contributed by atoms with Crippen molar-refractivity contribution in [3.05, 3.63) is 30.3 Å². The molecule has 1 rings (SSSR count). The van der Waals surface area contributed by atoms with E-state index in [4.69, 9.17) is 4.74 Å². The molecule has 1 N–H and O–H groups in total. The van der Waals surface area contributed by atoms with Crippen LogP contribution in [0.15, 0.2) is 30.3 Å². The Morgan fingerprint density at radius 1 is 1.12 bits per heavy atom. The van der Waals surface area contributed by atoms with Gasteiger partial charge in [-0.1, -0.05) is 44.9 Å². The molecule has 0 aliphatic rings. The lowest BCUT2D eigenvalue weighted by Crippen LogP contribution is -2.30. The Balaban J connectivity index is 2.22. The number of rotatable bonds is 9. The fourth-order valence-corrected chi connectivity index (χ4v) is 1.92. The molecule has 1 unspecified atom stereocenters. The zero-order valence-electron chi connectivity index (χ0n) is 11.1. The molecule has 0 aliphatic heterocycles. The van der Waals surface area contributed by atoms with Crippen LogP contribution >= 0.6 is 0 Å². The predicted octanol–water partition coefficient (Wildman–Crippen LogP) is 3.62. The Morgan fingerprint density at radius 3 is 2.53 bits per heavy atom. The van der Waals surface area contributed by atoms with E-state index in [1.54, 1.807) is 0 Å². The lowest BCUT2D eigenvalue weighted by atomic mass is 10.1. The Hall–Kier alpha value is -1.02. The molecule has 1 atom stereocenters. The zero-order valence-corrected chi connectivity index (χ0v) is 11.1. The summed E-state index contributed by atoms with van der Waals surface area (Å²) in [5, 5.41) is 3.52.